The number of aromatic amines is 1. The first-order valence-electron chi connectivity index (χ1n) is 9.12. The number of aromatic nitrogens is 4. The number of phosphoric acid groups is 3. The number of hydrogen-bond donors (Lipinski definition) is 8. The Balaban J connectivity index is 0.00000145. The zero-order valence-corrected chi connectivity index (χ0v) is 20.8. The van der Waals surface area contributed by atoms with Crippen molar-refractivity contribution in [2.75, 3.05) is 12.3 Å². The molecule has 2 aromatic rings. The fraction of sp³-hybridized carbons (Fsp3) is 0.545. The van der Waals surface area contributed by atoms with Gasteiger partial charge in [-0.3, -0.25) is 24.0 Å². The number of nitrogens with two attached hydrogens (primary N) is 1. The SMILES string of the molecule is C[C@@]1(F)[C@H](O)[C@@H](COP(=O)(O)OP(=O)(O)OP(=O)(O)O)O[C@H]1n1cnc2c(=O)[nH]c(N)nc21.[3H]N=P. The highest BCUT2D eigenvalue weighted by atomic mass is 31.3. The number of hydrogen-bond acceptors (Lipinski definition) is 13. The zero-order valence-electron chi connectivity index (χ0n) is 18.1. The standard InChI is InChI=1S/C11H17FN5O13P3.H2NP/c1-11(12)6(18)4(2-27-32(23,24)30-33(25,26)29-31(20,21)22)28-9(11)17-3-14-5-7(17)15-10(13)16-8(5)19;1-2/h3-4,6,9,18H,2H2,1H3,(H,23,24)(H,25,26)(H2,20,21,22)(H3,13,15,16,19);1-2H/t4-,6-,9-,11-;/m1./s1/i/hT. The van der Waals surface area contributed by atoms with Crippen LogP contribution in [0, 0.1) is 5.15 Å². The van der Waals surface area contributed by atoms with E-state index in [1.165, 1.54) is 0 Å². The number of phosphoric ester groups is 1. The van der Waals surface area contributed by atoms with Gasteiger partial charge in [-0.2, -0.15) is 13.6 Å². The number of nitrogens with zero attached hydrogens (tertiary/aromatic N) is 3. The smallest absolute Gasteiger partial charge is 0.387 e. The summed E-state index contributed by atoms with van der Waals surface area (Å²) in [5.74, 6) is -0.322. The normalized spacial score (nSPS) is 28.4. The van der Waals surface area contributed by atoms with E-state index in [2.05, 4.69) is 42.3 Å². The van der Waals surface area contributed by atoms with Gasteiger partial charge in [0.25, 0.3) is 5.56 Å². The van der Waals surface area contributed by atoms with E-state index < -0.39 is 59.7 Å². The van der Waals surface area contributed by atoms with Gasteiger partial charge >= 0.3 is 23.5 Å². The van der Waals surface area contributed by atoms with E-state index in [0.29, 0.717) is 0 Å². The fourth-order valence-corrected chi connectivity index (χ4v) is 5.97. The van der Waals surface area contributed by atoms with Crippen LogP contribution in [0.1, 0.15) is 13.2 Å². The van der Waals surface area contributed by atoms with Crippen molar-refractivity contribution in [3.63, 3.8) is 0 Å². The van der Waals surface area contributed by atoms with Gasteiger partial charge in [0.2, 0.25) is 5.95 Å². The summed E-state index contributed by atoms with van der Waals surface area (Å²) in [6.45, 7) is -0.209. The Morgan fingerprint density at radius 1 is 1.37 bits per heavy atom. The highest BCUT2D eigenvalue weighted by Crippen LogP contribution is 2.66. The average Bonchev–Trinajstić information content (AvgIpc) is 3.17. The molecule has 1 aliphatic rings. The van der Waals surface area contributed by atoms with Gasteiger partial charge in [-0.1, -0.05) is 0 Å². The number of aliphatic hydroxyl groups excluding tert-OH is 1. The number of imidazole rings is 1. The lowest BCUT2D eigenvalue weighted by Gasteiger charge is -2.24. The largest absolute Gasteiger partial charge is 0.490 e. The highest BCUT2D eigenvalue weighted by molar-refractivity contribution is 7.66. The van der Waals surface area contributed by atoms with Crippen molar-refractivity contribution in [2.24, 2.45) is 0 Å². The molecular formula is C11H19FN6O13P4. The number of nitrogen functional groups attached to an aromatic ring is 1. The zero-order chi connectivity index (χ0) is 27.7. The number of nitrogens with one attached hydrogen (secondary N) is 2. The van der Waals surface area contributed by atoms with Crippen molar-refractivity contribution in [2.45, 2.75) is 31.0 Å². The van der Waals surface area contributed by atoms with Crippen LogP contribution in [0.2, 0.25) is 1.41 Å². The maximum atomic E-state index is 15.3. The van der Waals surface area contributed by atoms with E-state index in [1.54, 1.807) is 0 Å². The second kappa shape index (κ2) is 10.5. The van der Waals surface area contributed by atoms with Gasteiger partial charge in [0.15, 0.2) is 24.5 Å². The third-order valence-corrected chi connectivity index (χ3v) is 8.04. The Labute approximate surface area is 197 Å². The van der Waals surface area contributed by atoms with E-state index in [-0.39, 0.29) is 17.1 Å². The van der Waals surface area contributed by atoms with E-state index in [4.69, 9.17) is 26.6 Å². The van der Waals surface area contributed by atoms with E-state index in [9.17, 15) is 28.5 Å². The Hall–Kier alpha value is -1.49. The summed E-state index contributed by atoms with van der Waals surface area (Å²) in [7, 11) is -14.4. The molecule has 2 aromatic heterocycles. The molecule has 6 atom stereocenters. The molecule has 0 spiro atoms. The molecule has 0 amide bonds. The summed E-state index contributed by atoms with van der Waals surface area (Å²) in [5.41, 5.74) is 1.69. The minimum atomic E-state index is -5.77. The third kappa shape index (κ3) is 7.05. The number of H-pyrrole nitrogens is 1. The lowest BCUT2D eigenvalue weighted by Crippen LogP contribution is -2.40. The number of rotatable bonds is 8. The van der Waals surface area contributed by atoms with E-state index in [0.717, 1.165) is 17.8 Å². The van der Waals surface area contributed by atoms with Crippen LogP contribution in [0.15, 0.2) is 11.1 Å². The molecule has 0 bridgehead atoms. The summed E-state index contributed by atoms with van der Waals surface area (Å²) in [6.07, 6.45) is -4.43. The van der Waals surface area contributed by atoms with Crippen LogP contribution in [0.4, 0.5) is 10.3 Å². The Morgan fingerprint density at radius 3 is 2.54 bits per heavy atom. The summed E-state index contributed by atoms with van der Waals surface area (Å²) >= 11 is 0. The molecule has 0 saturated carbocycles. The van der Waals surface area contributed by atoms with E-state index >= 15 is 4.39 Å². The lowest BCUT2D eigenvalue weighted by molar-refractivity contribution is -0.0560. The summed E-state index contributed by atoms with van der Waals surface area (Å²) in [5, 5.41) is 12.8. The van der Waals surface area contributed by atoms with Crippen molar-refractivity contribution >= 4 is 49.6 Å². The van der Waals surface area contributed by atoms with Gasteiger partial charge in [0, 0.05) is 0 Å². The molecule has 3 heterocycles. The van der Waals surface area contributed by atoms with Crippen LogP contribution in [0.5, 0.6) is 0 Å². The second-order valence-electron chi connectivity index (χ2n) is 6.78. The summed E-state index contributed by atoms with van der Waals surface area (Å²) < 4.78 is 72.6. The Morgan fingerprint density at radius 2 is 1.97 bits per heavy atom. The van der Waals surface area contributed by atoms with Gasteiger partial charge in [-0.05, 0) is 16.0 Å². The van der Waals surface area contributed by atoms with Crippen molar-refractivity contribution in [3.05, 3.63) is 16.7 Å². The molecule has 9 N–H and O–H groups in total. The molecule has 35 heavy (non-hydrogen) atoms. The van der Waals surface area contributed by atoms with Crippen LogP contribution in [-0.4, -0.2) is 68.7 Å². The first-order valence-corrected chi connectivity index (χ1v) is 13.6. The molecule has 0 aromatic carbocycles. The molecule has 0 radical (unpaired) electrons. The van der Waals surface area contributed by atoms with Gasteiger partial charge in [-0.15, -0.1) is 0 Å². The van der Waals surface area contributed by atoms with Gasteiger partial charge in [0.05, 0.1) is 12.9 Å². The molecular weight excluding hydrogens is 567 g/mol. The van der Waals surface area contributed by atoms with Crippen molar-refractivity contribution < 1.29 is 62.1 Å². The monoisotopic (exact) mass is 588 g/mol. The predicted molar refractivity (Wildman–Crippen MR) is 113 cm³/mol. The quantitative estimate of drug-likeness (QED) is 0.187. The van der Waals surface area contributed by atoms with Crippen LogP contribution in [0.25, 0.3) is 11.2 Å². The maximum Gasteiger partial charge on any atom is 0.490 e. The molecule has 0 aliphatic carbocycles. The van der Waals surface area contributed by atoms with Gasteiger partial charge < -0.3 is 35.2 Å². The van der Waals surface area contributed by atoms with Crippen molar-refractivity contribution in [3.8, 4) is 0 Å². The Kier molecular flexibility index (Phi) is 8.41. The fourth-order valence-electron chi connectivity index (χ4n) is 2.94. The second-order valence-corrected chi connectivity index (χ2v) is 11.2. The molecule has 1 aliphatic heterocycles. The topological polar surface area (TPSA) is 303 Å². The first kappa shape index (κ1) is 28.1. The summed E-state index contributed by atoms with van der Waals surface area (Å²) in [6, 6.07) is 0. The Bertz CT molecular complexity index is 1320. The van der Waals surface area contributed by atoms with Crippen LogP contribution in [0.3, 0.4) is 0 Å². The minimum absolute atomic E-state index is 0.203. The van der Waals surface area contributed by atoms with Crippen molar-refractivity contribution in [1.29, 1.82) is 5.15 Å². The number of halogens is 1. The number of alkyl halides is 1. The number of aliphatic hydroxyl groups is 1. The van der Waals surface area contributed by atoms with E-state index in [1.807, 2.05) is 0 Å². The number of fused-ring (bicyclic) bond motifs is 1. The first-order chi connectivity index (χ1) is 16.3. The third-order valence-electron chi connectivity index (χ3n) is 4.24. The highest BCUT2D eigenvalue weighted by Gasteiger charge is 2.56. The average molecular weight is 588 g/mol. The summed E-state index contributed by atoms with van der Waals surface area (Å²) in [4.78, 5) is 57.3. The number of anilines is 1. The van der Waals surface area contributed by atoms with Gasteiger partial charge in [-0.25, -0.2) is 23.1 Å². The number of ether oxygens (including phenoxy) is 1. The predicted octanol–water partition coefficient (Wildman–Crippen LogP) is -0.0768. The van der Waals surface area contributed by atoms with Crippen LogP contribution < -0.4 is 11.3 Å². The van der Waals surface area contributed by atoms with Crippen LogP contribution >= 0.6 is 32.5 Å². The molecule has 3 rings (SSSR count). The molecule has 198 valence electrons. The van der Waals surface area contributed by atoms with Crippen molar-refractivity contribution in [1.82, 2.24) is 19.5 Å². The molecule has 1 saturated heterocycles. The molecule has 2 unspecified atom stereocenters. The van der Waals surface area contributed by atoms with Crippen LogP contribution in [-0.2, 0) is 31.6 Å². The maximum absolute atomic E-state index is 15.3. The minimum Gasteiger partial charge on any atom is -0.387 e. The lowest BCUT2D eigenvalue weighted by atomic mass is 9.98. The molecule has 24 heteroatoms. The van der Waals surface area contributed by atoms with Gasteiger partial charge in [0.1, 0.15) is 12.2 Å². The molecule has 19 nitrogen and oxygen atoms in total. The molecule has 1 fully saturated rings.